The van der Waals surface area contributed by atoms with Crippen molar-refractivity contribution in [2.75, 3.05) is 0 Å². The van der Waals surface area contributed by atoms with E-state index >= 15 is 0 Å². The molecule has 1 heterocycles. The number of cyclic esters (lactones) is 1. The van der Waals surface area contributed by atoms with Gasteiger partial charge in [-0.2, -0.15) is 0 Å². The summed E-state index contributed by atoms with van der Waals surface area (Å²) in [7, 11) is 0. The van der Waals surface area contributed by atoms with Crippen LogP contribution in [-0.2, 0) is 9.53 Å². The summed E-state index contributed by atoms with van der Waals surface area (Å²) in [5.41, 5.74) is 1.51. The molecular weight excluding hydrogens is 345 g/mol. The molecule has 0 fully saturated rings. The monoisotopic (exact) mass is 351 g/mol. The molecule has 22 heavy (non-hydrogen) atoms. The molecule has 1 aliphatic heterocycles. The van der Waals surface area contributed by atoms with E-state index in [0.29, 0.717) is 20.6 Å². The molecular formula is C16H8Cl3NO2. The second-order valence-electron chi connectivity index (χ2n) is 4.51. The number of halogens is 3. The average molecular weight is 353 g/mol. The second-order valence-corrected chi connectivity index (χ2v) is 5.79. The van der Waals surface area contributed by atoms with Gasteiger partial charge in [0.1, 0.15) is 0 Å². The Morgan fingerprint density at radius 3 is 2.32 bits per heavy atom. The Hall–Kier alpha value is -1.81. The van der Waals surface area contributed by atoms with Crippen LogP contribution in [0, 0.1) is 0 Å². The number of rotatable bonds is 2. The Morgan fingerprint density at radius 1 is 0.955 bits per heavy atom. The van der Waals surface area contributed by atoms with Crippen LogP contribution < -0.4 is 0 Å². The van der Waals surface area contributed by atoms with Gasteiger partial charge in [0.05, 0.1) is 10.6 Å². The third-order valence-electron chi connectivity index (χ3n) is 2.96. The minimum absolute atomic E-state index is 0.159. The molecule has 3 rings (SSSR count). The number of carbonyl (C=O) groups excluding carboxylic acids is 1. The van der Waals surface area contributed by atoms with Crippen LogP contribution in [-0.4, -0.2) is 11.9 Å². The molecule has 110 valence electrons. The first kappa shape index (κ1) is 15.1. The van der Waals surface area contributed by atoms with E-state index in [2.05, 4.69) is 4.99 Å². The third-order valence-corrected chi connectivity index (χ3v) is 3.76. The summed E-state index contributed by atoms with van der Waals surface area (Å²) in [6.07, 6.45) is 1.62. The van der Waals surface area contributed by atoms with Crippen LogP contribution in [0.4, 0.5) is 0 Å². The lowest BCUT2D eigenvalue weighted by molar-refractivity contribution is -0.129. The van der Waals surface area contributed by atoms with Gasteiger partial charge in [0.15, 0.2) is 5.70 Å². The molecule has 0 amide bonds. The standard InChI is InChI=1S/C16H8Cl3NO2/c17-10-3-1-9(2-4-10)7-14-16(21)22-15(20-14)12-6-5-11(18)8-13(12)19/h1-8H/b14-7-. The number of hydrogen-bond acceptors (Lipinski definition) is 3. The number of nitrogens with zero attached hydrogens (tertiary/aromatic N) is 1. The number of ether oxygens (including phenoxy) is 1. The molecule has 0 saturated carbocycles. The summed E-state index contributed by atoms with van der Waals surface area (Å²) in [6, 6.07) is 11.9. The SMILES string of the molecule is O=C1OC(c2ccc(Cl)cc2Cl)=N/C1=C\c1ccc(Cl)cc1. The molecule has 0 aromatic heterocycles. The van der Waals surface area contributed by atoms with E-state index in [1.165, 1.54) is 0 Å². The van der Waals surface area contributed by atoms with Crippen molar-refractivity contribution in [1.29, 1.82) is 0 Å². The fourth-order valence-electron chi connectivity index (χ4n) is 1.90. The van der Waals surface area contributed by atoms with Gasteiger partial charge in [0.2, 0.25) is 5.90 Å². The lowest BCUT2D eigenvalue weighted by atomic mass is 10.2. The number of hydrogen-bond donors (Lipinski definition) is 0. The van der Waals surface area contributed by atoms with E-state index < -0.39 is 5.97 Å². The predicted molar refractivity (Wildman–Crippen MR) is 88.5 cm³/mol. The van der Waals surface area contributed by atoms with E-state index in [1.54, 1.807) is 48.5 Å². The van der Waals surface area contributed by atoms with Crippen molar-refractivity contribution in [1.82, 2.24) is 0 Å². The first-order valence-electron chi connectivity index (χ1n) is 6.26. The first-order valence-corrected chi connectivity index (χ1v) is 7.40. The highest BCUT2D eigenvalue weighted by molar-refractivity contribution is 6.37. The van der Waals surface area contributed by atoms with Crippen LogP contribution in [0.5, 0.6) is 0 Å². The highest BCUT2D eigenvalue weighted by Crippen LogP contribution is 2.26. The maximum Gasteiger partial charge on any atom is 0.363 e. The molecule has 0 atom stereocenters. The van der Waals surface area contributed by atoms with Crippen LogP contribution in [0.1, 0.15) is 11.1 Å². The lowest BCUT2D eigenvalue weighted by Crippen LogP contribution is -2.05. The van der Waals surface area contributed by atoms with Crippen LogP contribution in [0.2, 0.25) is 15.1 Å². The molecule has 0 saturated heterocycles. The maximum absolute atomic E-state index is 11.9. The highest BCUT2D eigenvalue weighted by Gasteiger charge is 2.25. The van der Waals surface area contributed by atoms with Crippen molar-refractivity contribution in [3.05, 3.63) is 74.4 Å². The summed E-state index contributed by atoms with van der Waals surface area (Å²) in [4.78, 5) is 16.1. The third kappa shape index (κ3) is 3.17. The van der Waals surface area contributed by atoms with Crippen LogP contribution in [0.15, 0.2) is 53.2 Å². The molecule has 0 spiro atoms. The molecule has 2 aromatic carbocycles. The van der Waals surface area contributed by atoms with E-state index in [0.717, 1.165) is 5.56 Å². The fraction of sp³-hybridized carbons (Fsp3) is 0. The quantitative estimate of drug-likeness (QED) is 0.564. The summed E-state index contributed by atoms with van der Waals surface area (Å²) in [6.45, 7) is 0. The van der Waals surface area contributed by atoms with Crippen molar-refractivity contribution in [3.63, 3.8) is 0 Å². The smallest absolute Gasteiger partial charge is 0.363 e. The van der Waals surface area contributed by atoms with Gasteiger partial charge in [-0.15, -0.1) is 0 Å². The minimum Gasteiger partial charge on any atom is -0.402 e. The Kier molecular flexibility index (Phi) is 4.21. The molecule has 0 bridgehead atoms. The molecule has 0 N–H and O–H groups in total. The van der Waals surface area contributed by atoms with Gasteiger partial charge < -0.3 is 4.74 Å². The largest absolute Gasteiger partial charge is 0.402 e. The zero-order chi connectivity index (χ0) is 15.7. The molecule has 2 aromatic rings. The zero-order valence-electron chi connectivity index (χ0n) is 11.0. The minimum atomic E-state index is -0.532. The van der Waals surface area contributed by atoms with Crippen LogP contribution >= 0.6 is 34.8 Å². The van der Waals surface area contributed by atoms with Crippen molar-refractivity contribution in [2.45, 2.75) is 0 Å². The van der Waals surface area contributed by atoms with Gasteiger partial charge in [-0.3, -0.25) is 0 Å². The first-order chi connectivity index (χ1) is 10.5. The highest BCUT2D eigenvalue weighted by atomic mass is 35.5. The van der Waals surface area contributed by atoms with Crippen LogP contribution in [0.3, 0.4) is 0 Å². The van der Waals surface area contributed by atoms with Crippen LogP contribution in [0.25, 0.3) is 6.08 Å². The van der Waals surface area contributed by atoms with E-state index in [1.807, 2.05) is 0 Å². The zero-order valence-corrected chi connectivity index (χ0v) is 13.3. The van der Waals surface area contributed by atoms with Crippen molar-refractivity contribution in [2.24, 2.45) is 4.99 Å². The van der Waals surface area contributed by atoms with Gasteiger partial charge in [0.25, 0.3) is 0 Å². The number of esters is 1. The lowest BCUT2D eigenvalue weighted by Gasteiger charge is -2.02. The Labute approximate surface area is 141 Å². The average Bonchev–Trinajstić information content (AvgIpc) is 2.82. The molecule has 0 unspecified atom stereocenters. The van der Waals surface area contributed by atoms with Gasteiger partial charge >= 0.3 is 5.97 Å². The number of carbonyl (C=O) groups is 1. The predicted octanol–water partition coefficient (Wildman–Crippen LogP) is 4.99. The van der Waals surface area contributed by atoms with Crippen molar-refractivity contribution >= 4 is 52.7 Å². The van der Waals surface area contributed by atoms with Crippen molar-refractivity contribution < 1.29 is 9.53 Å². The van der Waals surface area contributed by atoms with Gasteiger partial charge in [-0.25, -0.2) is 9.79 Å². The summed E-state index contributed by atoms with van der Waals surface area (Å²) in [5, 5.41) is 1.48. The van der Waals surface area contributed by atoms with Gasteiger partial charge in [-0.05, 0) is 42.0 Å². The van der Waals surface area contributed by atoms with E-state index in [4.69, 9.17) is 39.5 Å². The molecule has 0 radical (unpaired) electrons. The molecule has 1 aliphatic rings. The molecule has 3 nitrogen and oxygen atoms in total. The van der Waals surface area contributed by atoms with E-state index in [-0.39, 0.29) is 11.6 Å². The fourth-order valence-corrected chi connectivity index (χ4v) is 2.52. The normalized spacial score (nSPS) is 15.9. The van der Waals surface area contributed by atoms with Gasteiger partial charge in [0, 0.05) is 10.0 Å². The van der Waals surface area contributed by atoms with Gasteiger partial charge in [-0.1, -0.05) is 46.9 Å². The Balaban J connectivity index is 1.96. The summed E-state index contributed by atoms with van der Waals surface area (Å²) < 4.78 is 5.17. The second kappa shape index (κ2) is 6.13. The number of benzene rings is 2. The van der Waals surface area contributed by atoms with E-state index in [9.17, 15) is 4.79 Å². The van der Waals surface area contributed by atoms with Crippen molar-refractivity contribution in [3.8, 4) is 0 Å². The Bertz CT molecular complexity index is 811. The maximum atomic E-state index is 11.9. The summed E-state index contributed by atoms with van der Waals surface area (Å²) >= 11 is 17.8. The Morgan fingerprint density at radius 2 is 1.64 bits per heavy atom. The summed E-state index contributed by atoms with van der Waals surface area (Å²) in [5.74, 6) is -0.372. The molecule has 0 aliphatic carbocycles. The topological polar surface area (TPSA) is 38.7 Å². The molecule has 6 heteroatoms. The number of aliphatic imine (C=N–C) groups is 1.